The summed E-state index contributed by atoms with van der Waals surface area (Å²) in [5.41, 5.74) is 0. The topological polar surface area (TPSA) is 21.3 Å². The van der Waals surface area contributed by atoms with Gasteiger partial charge in [0.1, 0.15) is 0 Å². The molecule has 14 heavy (non-hydrogen) atoms. The average Bonchev–Trinajstić information content (AvgIpc) is 2.21. The van der Waals surface area contributed by atoms with Crippen molar-refractivity contribution in [2.75, 3.05) is 20.3 Å². The highest BCUT2D eigenvalue weighted by Crippen LogP contribution is 2.04. The molecule has 1 atom stereocenters. The van der Waals surface area contributed by atoms with Crippen LogP contribution >= 0.6 is 0 Å². The number of hydrogen-bond acceptors (Lipinski definition) is 2. The van der Waals surface area contributed by atoms with Crippen molar-refractivity contribution in [3.8, 4) is 12.3 Å². The van der Waals surface area contributed by atoms with Crippen LogP contribution in [0.1, 0.15) is 39.0 Å². The number of terminal acetylenes is 1. The molecule has 0 aromatic heterocycles. The van der Waals surface area contributed by atoms with E-state index in [1.54, 1.807) is 7.11 Å². The summed E-state index contributed by atoms with van der Waals surface area (Å²) in [5, 5.41) is 3.51. The fourth-order valence-corrected chi connectivity index (χ4v) is 1.43. The van der Waals surface area contributed by atoms with Crippen LogP contribution in [0.25, 0.3) is 0 Å². The SMILES string of the molecule is C#CCCC(CCCOC)NCCC. The van der Waals surface area contributed by atoms with Gasteiger partial charge in [0, 0.05) is 26.2 Å². The van der Waals surface area contributed by atoms with Crippen LogP contribution in [0.4, 0.5) is 0 Å². The van der Waals surface area contributed by atoms with Crippen LogP contribution in [-0.2, 0) is 4.74 Å². The van der Waals surface area contributed by atoms with Gasteiger partial charge in [-0.1, -0.05) is 6.92 Å². The first-order chi connectivity index (χ1) is 6.85. The molecular formula is C12H23NO. The van der Waals surface area contributed by atoms with Crippen LogP contribution in [0.5, 0.6) is 0 Å². The van der Waals surface area contributed by atoms with Crippen molar-refractivity contribution in [1.82, 2.24) is 5.32 Å². The van der Waals surface area contributed by atoms with Crippen LogP contribution in [0, 0.1) is 12.3 Å². The molecule has 1 N–H and O–H groups in total. The van der Waals surface area contributed by atoms with Gasteiger partial charge < -0.3 is 10.1 Å². The van der Waals surface area contributed by atoms with E-state index in [4.69, 9.17) is 11.2 Å². The molecule has 0 aromatic rings. The summed E-state index contributed by atoms with van der Waals surface area (Å²) < 4.78 is 5.03. The van der Waals surface area contributed by atoms with Gasteiger partial charge in [-0.25, -0.2) is 0 Å². The molecule has 82 valence electrons. The van der Waals surface area contributed by atoms with Crippen molar-refractivity contribution in [3.05, 3.63) is 0 Å². The van der Waals surface area contributed by atoms with Crippen molar-refractivity contribution in [3.63, 3.8) is 0 Å². The Labute approximate surface area is 88.4 Å². The zero-order valence-corrected chi connectivity index (χ0v) is 9.51. The van der Waals surface area contributed by atoms with Gasteiger partial charge in [0.25, 0.3) is 0 Å². The Morgan fingerprint density at radius 1 is 1.43 bits per heavy atom. The first kappa shape index (κ1) is 13.5. The summed E-state index contributed by atoms with van der Waals surface area (Å²) in [7, 11) is 1.75. The molecule has 0 aliphatic heterocycles. The Hall–Kier alpha value is -0.520. The van der Waals surface area contributed by atoms with E-state index in [1.807, 2.05) is 0 Å². The third kappa shape index (κ3) is 8.10. The maximum atomic E-state index is 5.26. The summed E-state index contributed by atoms with van der Waals surface area (Å²) >= 11 is 0. The van der Waals surface area contributed by atoms with Crippen molar-refractivity contribution in [2.45, 2.75) is 45.1 Å². The predicted octanol–water partition coefficient (Wildman–Crippen LogP) is 2.19. The fraction of sp³-hybridized carbons (Fsp3) is 0.833. The van der Waals surface area contributed by atoms with E-state index in [9.17, 15) is 0 Å². The van der Waals surface area contributed by atoms with Gasteiger partial charge >= 0.3 is 0 Å². The second kappa shape index (κ2) is 10.6. The number of ether oxygens (including phenoxy) is 1. The van der Waals surface area contributed by atoms with Gasteiger partial charge in [-0.15, -0.1) is 12.3 Å². The lowest BCUT2D eigenvalue weighted by Crippen LogP contribution is -2.29. The lowest BCUT2D eigenvalue weighted by Gasteiger charge is -2.16. The van der Waals surface area contributed by atoms with Gasteiger partial charge in [0.2, 0.25) is 0 Å². The average molecular weight is 197 g/mol. The highest BCUT2D eigenvalue weighted by molar-refractivity contribution is 4.85. The molecule has 0 aliphatic carbocycles. The van der Waals surface area contributed by atoms with E-state index in [0.717, 1.165) is 38.8 Å². The van der Waals surface area contributed by atoms with Crippen molar-refractivity contribution < 1.29 is 4.74 Å². The molecule has 0 saturated heterocycles. The molecule has 2 heteroatoms. The molecule has 0 rings (SSSR count). The van der Waals surface area contributed by atoms with Crippen LogP contribution < -0.4 is 5.32 Å². The lowest BCUT2D eigenvalue weighted by molar-refractivity contribution is 0.188. The summed E-state index contributed by atoms with van der Waals surface area (Å²) in [5.74, 6) is 2.69. The molecular weight excluding hydrogens is 174 g/mol. The number of methoxy groups -OCH3 is 1. The Balaban J connectivity index is 3.56. The van der Waals surface area contributed by atoms with Gasteiger partial charge in [0.05, 0.1) is 0 Å². The minimum atomic E-state index is 0.571. The third-order valence-electron chi connectivity index (χ3n) is 2.22. The van der Waals surface area contributed by atoms with Crippen molar-refractivity contribution in [2.24, 2.45) is 0 Å². The minimum Gasteiger partial charge on any atom is -0.385 e. The highest BCUT2D eigenvalue weighted by Gasteiger charge is 2.05. The summed E-state index contributed by atoms with van der Waals surface area (Å²) in [6, 6.07) is 0.571. The molecule has 0 saturated carbocycles. The smallest absolute Gasteiger partial charge is 0.0462 e. The predicted molar refractivity (Wildman–Crippen MR) is 61.3 cm³/mol. The number of nitrogens with one attached hydrogen (secondary N) is 1. The van der Waals surface area contributed by atoms with Gasteiger partial charge in [-0.2, -0.15) is 0 Å². The van der Waals surface area contributed by atoms with E-state index >= 15 is 0 Å². The van der Waals surface area contributed by atoms with E-state index < -0.39 is 0 Å². The zero-order valence-electron chi connectivity index (χ0n) is 9.51. The quantitative estimate of drug-likeness (QED) is 0.452. The van der Waals surface area contributed by atoms with Crippen molar-refractivity contribution in [1.29, 1.82) is 0 Å². The fourth-order valence-electron chi connectivity index (χ4n) is 1.43. The monoisotopic (exact) mass is 197 g/mol. The molecule has 0 spiro atoms. The normalized spacial score (nSPS) is 12.4. The second-order valence-electron chi connectivity index (χ2n) is 3.53. The molecule has 2 nitrogen and oxygen atoms in total. The molecule has 0 heterocycles. The van der Waals surface area contributed by atoms with Gasteiger partial charge in [0.15, 0.2) is 0 Å². The lowest BCUT2D eigenvalue weighted by atomic mass is 10.1. The van der Waals surface area contributed by atoms with Crippen LogP contribution in [0.3, 0.4) is 0 Å². The van der Waals surface area contributed by atoms with E-state index in [1.165, 1.54) is 6.42 Å². The highest BCUT2D eigenvalue weighted by atomic mass is 16.5. The van der Waals surface area contributed by atoms with Crippen LogP contribution in [0.2, 0.25) is 0 Å². The molecule has 0 aliphatic rings. The summed E-state index contributed by atoms with van der Waals surface area (Å²) in [6.45, 7) is 4.11. The first-order valence-electron chi connectivity index (χ1n) is 5.50. The number of hydrogen-bond donors (Lipinski definition) is 1. The van der Waals surface area contributed by atoms with E-state index in [2.05, 4.69) is 18.2 Å². The molecule has 0 radical (unpaired) electrons. The van der Waals surface area contributed by atoms with Crippen LogP contribution in [0.15, 0.2) is 0 Å². The van der Waals surface area contributed by atoms with Gasteiger partial charge in [-0.3, -0.25) is 0 Å². The standard InChI is InChI=1S/C12H23NO/c1-4-6-8-12(13-10-5-2)9-7-11-14-3/h1,12-13H,5-11H2,2-3H3. The van der Waals surface area contributed by atoms with Crippen molar-refractivity contribution >= 4 is 0 Å². The Morgan fingerprint density at radius 2 is 2.21 bits per heavy atom. The maximum absolute atomic E-state index is 5.26. The summed E-state index contributed by atoms with van der Waals surface area (Å²) in [4.78, 5) is 0. The Kier molecular flexibility index (Phi) is 10.2. The zero-order chi connectivity index (χ0) is 10.6. The van der Waals surface area contributed by atoms with E-state index in [0.29, 0.717) is 6.04 Å². The third-order valence-corrected chi connectivity index (χ3v) is 2.22. The minimum absolute atomic E-state index is 0.571. The largest absolute Gasteiger partial charge is 0.385 e. The van der Waals surface area contributed by atoms with Gasteiger partial charge in [-0.05, 0) is 32.2 Å². The molecule has 1 unspecified atom stereocenters. The van der Waals surface area contributed by atoms with E-state index in [-0.39, 0.29) is 0 Å². The van der Waals surface area contributed by atoms with Crippen LogP contribution in [-0.4, -0.2) is 26.3 Å². The molecule has 0 fully saturated rings. The Bertz CT molecular complexity index is 151. The number of rotatable bonds is 9. The Morgan fingerprint density at radius 3 is 2.79 bits per heavy atom. The first-order valence-corrected chi connectivity index (χ1v) is 5.50. The molecule has 0 amide bonds. The maximum Gasteiger partial charge on any atom is 0.0462 e. The second-order valence-corrected chi connectivity index (χ2v) is 3.53. The summed E-state index contributed by atoms with van der Waals surface area (Å²) in [6.07, 6.45) is 10.7. The molecule has 0 aromatic carbocycles. The molecule has 0 bridgehead atoms.